The van der Waals surface area contributed by atoms with E-state index in [1.54, 1.807) is 0 Å². The van der Waals surface area contributed by atoms with E-state index < -0.39 is 15.7 Å². The van der Waals surface area contributed by atoms with E-state index in [2.05, 4.69) is 0 Å². The summed E-state index contributed by atoms with van der Waals surface area (Å²) in [5.41, 5.74) is 6.48. The smallest absolute Gasteiger partial charge is 0.185 e. The van der Waals surface area contributed by atoms with Gasteiger partial charge in [-0.2, -0.15) is 5.26 Å². The van der Waals surface area contributed by atoms with E-state index in [9.17, 15) is 12.8 Å². The molecule has 0 saturated heterocycles. The van der Waals surface area contributed by atoms with E-state index >= 15 is 0 Å². The van der Waals surface area contributed by atoms with Gasteiger partial charge in [0.25, 0.3) is 0 Å². The Morgan fingerprint density at radius 2 is 1.80 bits per heavy atom. The van der Waals surface area contributed by atoms with Crippen molar-refractivity contribution in [1.82, 2.24) is 0 Å². The van der Waals surface area contributed by atoms with Crippen LogP contribution in [0.1, 0.15) is 11.1 Å². The number of nitrogens with two attached hydrogens (primary N) is 1. The fourth-order valence-corrected chi connectivity index (χ4v) is 3.16. The van der Waals surface area contributed by atoms with Gasteiger partial charge in [-0.1, -0.05) is 12.1 Å². The third kappa shape index (κ3) is 2.95. The van der Waals surface area contributed by atoms with Crippen LogP contribution in [0, 0.1) is 17.1 Å². The summed E-state index contributed by atoms with van der Waals surface area (Å²) in [6.07, 6.45) is 0. The topological polar surface area (TPSA) is 84.0 Å². The highest BCUT2D eigenvalue weighted by Crippen LogP contribution is 2.21. The van der Waals surface area contributed by atoms with Gasteiger partial charge in [0.1, 0.15) is 10.7 Å². The number of hydrogen-bond donors (Lipinski definition) is 1. The third-order valence-electron chi connectivity index (χ3n) is 2.73. The number of benzene rings is 2. The molecular weight excluding hydrogens is 279 g/mol. The maximum absolute atomic E-state index is 13.7. The summed E-state index contributed by atoms with van der Waals surface area (Å²) < 4.78 is 37.9. The van der Waals surface area contributed by atoms with Crippen LogP contribution in [-0.4, -0.2) is 8.42 Å². The van der Waals surface area contributed by atoms with Crippen LogP contribution in [0.4, 0.5) is 10.1 Å². The quantitative estimate of drug-likeness (QED) is 0.879. The number of nitriles is 1. The van der Waals surface area contributed by atoms with Gasteiger partial charge in [0, 0.05) is 5.69 Å². The van der Waals surface area contributed by atoms with Crippen LogP contribution in [0.3, 0.4) is 0 Å². The van der Waals surface area contributed by atoms with Gasteiger partial charge in [-0.15, -0.1) is 0 Å². The minimum absolute atomic E-state index is 0.167. The molecule has 102 valence electrons. The van der Waals surface area contributed by atoms with Crippen LogP contribution >= 0.6 is 0 Å². The number of anilines is 1. The average Bonchev–Trinajstić information content (AvgIpc) is 2.38. The van der Waals surface area contributed by atoms with Crippen LogP contribution in [0.25, 0.3) is 0 Å². The zero-order valence-corrected chi connectivity index (χ0v) is 11.2. The Morgan fingerprint density at radius 1 is 1.15 bits per heavy atom. The molecular formula is C14H11FN2O2S. The largest absolute Gasteiger partial charge is 0.399 e. The molecule has 0 aliphatic carbocycles. The highest BCUT2D eigenvalue weighted by Gasteiger charge is 2.19. The highest BCUT2D eigenvalue weighted by molar-refractivity contribution is 7.90. The van der Waals surface area contributed by atoms with E-state index in [-0.39, 0.29) is 16.3 Å². The minimum atomic E-state index is -3.79. The fourth-order valence-electron chi connectivity index (χ4n) is 1.74. The molecule has 2 aromatic carbocycles. The van der Waals surface area contributed by atoms with Crippen molar-refractivity contribution in [2.24, 2.45) is 0 Å². The van der Waals surface area contributed by atoms with E-state index in [1.807, 2.05) is 6.07 Å². The molecule has 0 fully saturated rings. The Labute approximate surface area is 116 Å². The molecule has 0 heterocycles. The summed E-state index contributed by atoms with van der Waals surface area (Å²) in [7, 11) is -3.79. The van der Waals surface area contributed by atoms with Crippen LogP contribution in [-0.2, 0) is 15.6 Å². The van der Waals surface area contributed by atoms with Crippen molar-refractivity contribution in [2.45, 2.75) is 10.6 Å². The van der Waals surface area contributed by atoms with Gasteiger partial charge < -0.3 is 5.73 Å². The summed E-state index contributed by atoms with van der Waals surface area (Å²) >= 11 is 0. The Morgan fingerprint density at radius 3 is 2.35 bits per heavy atom. The molecule has 6 heteroatoms. The number of nitrogen functional groups attached to an aromatic ring is 1. The van der Waals surface area contributed by atoms with Crippen molar-refractivity contribution < 1.29 is 12.8 Å². The van der Waals surface area contributed by atoms with Crippen LogP contribution in [0.15, 0.2) is 47.4 Å². The molecule has 20 heavy (non-hydrogen) atoms. The molecule has 0 saturated carbocycles. The van der Waals surface area contributed by atoms with Gasteiger partial charge in [-0.3, -0.25) is 0 Å². The predicted octanol–water partition coefficient (Wildman–Crippen LogP) is 2.25. The Kier molecular flexibility index (Phi) is 3.72. The lowest BCUT2D eigenvalue weighted by Gasteiger charge is -2.06. The SMILES string of the molecule is N#Cc1ccc(CS(=O)(=O)c2ccc(N)cc2F)cc1. The Bertz CT molecular complexity index is 778. The molecule has 2 rings (SSSR count). The molecule has 0 radical (unpaired) electrons. The van der Waals surface area contributed by atoms with Crippen LogP contribution < -0.4 is 5.73 Å². The van der Waals surface area contributed by atoms with Gasteiger partial charge >= 0.3 is 0 Å². The van der Waals surface area contributed by atoms with Crippen molar-refractivity contribution in [2.75, 3.05) is 5.73 Å². The van der Waals surface area contributed by atoms with Gasteiger partial charge in [-0.25, -0.2) is 12.8 Å². The molecule has 0 aliphatic rings. The average molecular weight is 290 g/mol. The lowest BCUT2D eigenvalue weighted by atomic mass is 10.2. The lowest BCUT2D eigenvalue weighted by molar-refractivity contribution is 0.567. The van der Waals surface area contributed by atoms with Crippen LogP contribution in [0.5, 0.6) is 0 Å². The van der Waals surface area contributed by atoms with Gasteiger partial charge in [-0.05, 0) is 35.9 Å². The van der Waals surface area contributed by atoms with E-state index in [1.165, 1.54) is 30.3 Å². The van der Waals surface area contributed by atoms with Crippen molar-refractivity contribution in [3.8, 4) is 6.07 Å². The van der Waals surface area contributed by atoms with E-state index in [4.69, 9.17) is 11.0 Å². The van der Waals surface area contributed by atoms with E-state index in [0.29, 0.717) is 11.1 Å². The third-order valence-corrected chi connectivity index (χ3v) is 4.45. The zero-order chi connectivity index (χ0) is 14.8. The van der Waals surface area contributed by atoms with Crippen molar-refractivity contribution in [3.05, 3.63) is 59.4 Å². The van der Waals surface area contributed by atoms with E-state index in [0.717, 1.165) is 12.1 Å². The van der Waals surface area contributed by atoms with Crippen molar-refractivity contribution >= 4 is 15.5 Å². The molecule has 2 aromatic rings. The van der Waals surface area contributed by atoms with Crippen molar-refractivity contribution in [1.29, 1.82) is 5.26 Å². The second-order valence-corrected chi connectivity index (χ2v) is 6.22. The number of rotatable bonds is 3. The van der Waals surface area contributed by atoms with Crippen molar-refractivity contribution in [3.63, 3.8) is 0 Å². The monoisotopic (exact) mass is 290 g/mol. The predicted molar refractivity (Wildman–Crippen MR) is 72.9 cm³/mol. The second-order valence-electron chi connectivity index (χ2n) is 4.26. The minimum Gasteiger partial charge on any atom is -0.399 e. The van der Waals surface area contributed by atoms with Gasteiger partial charge in [0.2, 0.25) is 0 Å². The molecule has 0 atom stereocenters. The Balaban J connectivity index is 2.33. The number of halogens is 1. The standard InChI is InChI=1S/C14H11FN2O2S/c15-13-7-12(17)5-6-14(13)20(18,19)9-11-3-1-10(8-16)2-4-11/h1-7H,9,17H2. The summed E-state index contributed by atoms with van der Waals surface area (Å²) in [4.78, 5) is -0.379. The maximum Gasteiger partial charge on any atom is 0.185 e. The first-order valence-electron chi connectivity index (χ1n) is 5.69. The first-order chi connectivity index (χ1) is 9.42. The zero-order valence-electron chi connectivity index (χ0n) is 10.4. The number of hydrogen-bond acceptors (Lipinski definition) is 4. The summed E-state index contributed by atoms with van der Waals surface area (Å²) in [5.74, 6) is -1.20. The second kappa shape index (κ2) is 5.31. The molecule has 0 unspecified atom stereocenters. The molecule has 0 aromatic heterocycles. The maximum atomic E-state index is 13.7. The normalized spacial score (nSPS) is 11.0. The molecule has 0 amide bonds. The Hall–Kier alpha value is -2.39. The molecule has 2 N–H and O–H groups in total. The van der Waals surface area contributed by atoms with Crippen LogP contribution in [0.2, 0.25) is 0 Å². The number of sulfone groups is 1. The summed E-state index contributed by atoms with van der Waals surface area (Å²) in [5, 5.41) is 8.67. The molecule has 4 nitrogen and oxygen atoms in total. The summed E-state index contributed by atoms with van der Waals surface area (Å²) in [6.45, 7) is 0. The summed E-state index contributed by atoms with van der Waals surface area (Å²) in [6, 6.07) is 11.5. The lowest BCUT2D eigenvalue weighted by Crippen LogP contribution is -2.07. The highest BCUT2D eigenvalue weighted by atomic mass is 32.2. The van der Waals surface area contributed by atoms with Gasteiger partial charge in [0.05, 0.1) is 17.4 Å². The molecule has 0 bridgehead atoms. The first kappa shape index (κ1) is 14.0. The molecule has 0 aliphatic heterocycles. The number of nitrogens with zero attached hydrogens (tertiary/aromatic N) is 1. The first-order valence-corrected chi connectivity index (χ1v) is 7.34. The van der Waals surface area contributed by atoms with Gasteiger partial charge in [0.15, 0.2) is 9.84 Å². The molecule has 0 spiro atoms. The fraction of sp³-hybridized carbons (Fsp3) is 0.0714.